The molecule has 1 heterocycles. The molecule has 0 spiro atoms. The lowest BCUT2D eigenvalue weighted by atomic mass is 9.83. The Morgan fingerprint density at radius 3 is 2.47 bits per heavy atom. The van der Waals surface area contributed by atoms with Crippen molar-refractivity contribution in [3.63, 3.8) is 0 Å². The van der Waals surface area contributed by atoms with Crippen molar-refractivity contribution in [1.29, 1.82) is 0 Å². The zero-order valence-electron chi connectivity index (χ0n) is 12.3. The average Bonchev–Trinajstić information content (AvgIpc) is 2.71. The third kappa shape index (κ3) is 3.72. The van der Waals surface area contributed by atoms with Gasteiger partial charge in [-0.3, -0.25) is 0 Å². The summed E-state index contributed by atoms with van der Waals surface area (Å²) in [5, 5.41) is 10.3. The predicted octanol–water partition coefficient (Wildman–Crippen LogP) is 3.06. The van der Waals surface area contributed by atoms with E-state index >= 15 is 0 Å². The van der Waals surface area contributed by atoms with Gasteiger partial charge in [-0.2, -0.15) is 0 Å². The van der Waals surface area contributed by atoms with Gasteiger partial charge < -0.3 is 10.3 Å². The second kappa shape index (κ2) is 6.75. The molecule has 0 amide bonds. The van der Waals surface area contributed by atoms with Crippen LogP contribution < -0.4 is 5.73 Å². The van der Waals surface area contributed by atoms with Crippen molar-refractivity contribution in [2.75, 3.05) is 0 Å². The van der Waals surface area contributed by atoms with Crippen LogP contribution in [0.15, 0.2) is 5.16 Å². The fraction of sp³-hybridized carbons (Fsp3) is 0.857. The Kier molecular flexibility index (Phi) is 5.28. The van der Waals surface area contributed by atoms with Gasteiger partial charge in [-0.1, -0.05) is 32.5 Å². The molecular weight excluding hydrogens is 256 g/mol. The Morgan fingerprint density at radius 2 is 1.89 bits per heavy atom. The first kappa shape index (κ1) is 14.9. The van der Waals surface area contributed by atoms with Crippen LogP contribution in [0.2, 0.25) is 0 Å². The number of rotatable bonds is 5. The first-order valence-corrected chi connectivity index (χ1v) is 8.30. The molecule has 1 aliphatic rings. The summed E-state index contributed by atoms with van der Waals surface area (Å²) in [6, 6.07) is 0. The molecule has 2 unspecified atom stereocenters. The molecule has 0 radical (unpaired) electrons. The van der Waals surface area contributed by atoms with E-state index in [1.54, 1.807) is 0 Å². The molecule has 2 N–H and O–H groups in total. The molecule has 19 heavy (non-hydrogen) atoms. The summed E-state index contributed by atoms with van der Waals surface area (Å²) >= 11 is 1.91. The van der Waals surface area contributed by atoms with Gasteiger partial charge in [0.15, 0.2) is 5.16 Å². The highest BCUT2D eigenvalue weighted by Gasteiger charge is 2.26. The van der Waals surface area contributed by atoms with Crippen LogP contribution in [0, 0.1) is 11.8 Å². The van der Waals surface area contributed by atoms with Crippen LogP contribution in [-0.2, 0) is 13.1 Å². The van der Waals surface area contributed by atoms with Gasteiger partial charge in [-0.15, -0.1) is 10.2 Å². The first-order chi connectivity index (χ1) is 9.13. The highest BCUT2D eigenvalue weighted by molar-refractivity contribution is 7.99. The second-order valence-corrected chi connectivity index (χ2v) is 7.18. The summed E-state index contributed by atoms with van der Waals surface area (Å²) in [6.07, 6.45) is 5.06. The maximum atomic E-state index is 5.74. The largest absolute Gasteiger partial charge is 0.324 e. The molecule has 5 heteroatoms. The van der Waals surface area contributed by atoms with Crippen molar-refractivity contribution < 1.29 is 0 Å². The second-order valence-electron chi connectivity index (χ2n) is 5.91. The third-order valence-electron chi connectivity index (χ3n) is 3.83. The van der Waals surface area contributed by atoms with E-state index in [0.29, 0.717) is 11.8 Å². The molecule has 1 aliphatic carbocycles. The summed E-state index contributed by atoms with van der Waals surface area (Å²) < 4.78 is 2.20. The SMILES string of the molecule is CCCn1c(CN)nnc1SC1CC(C)CC(C)C1. The fourth-order valence-corrected chi connectivity index (χ4v) is 4.68. The van der Waals surface area contributed by atoms with E-state index in [2.05, 4.69) is 35.5 Å². The van der Waals surface area contributed by atoms with Gasteiger partial charge in [0.05, 0.1) is 6.54 Å². The van der Waals surface area contributed by atoms with E-state index in [4.69, 9.17) is 5.73 Å². The number of nitrogens with zero attached hydrogens (tertiary/aromatic N) is 3. The molecule has 1 aromatic rings. The number of aromatic nitrogens is 3. The van der Waals surface area contributed by atoms with Gasteiger partial charge in [-0.25, -0.2) is 0 Å². The molecule has 0 bridgehead atoms. The lowest BCUT2D eigenvalue weighted by Crippen LogP contribution is -2.22. The summed E-state index contributed by atoms with van der Waals surface area (Å²) in [5.41, 5.74) is 5.74. The van der Waals surface area contributed by atoms with Crippen molar-refractivity contribution in [3.8, 4) is 0 Å². The van der Waals surface area contributed by atoms with Crippen LogP contribution in [0.1, 0.15) is 52.3 Å². The highest BCUT2D eigenvalue weighted by Crippen LogP contribution is 2.38. The summed E-state index contributed by atoms with van der Waals surface area (Å²) in [7, 11) is 0. The highest BCUT2D eigenvalue weighted by atomic mass is 32.2. The molecule has 0 saturated heterocycles. The van der Waals surface area contributed by atoms with Crippen molar-refractivity contribution in [2.45, 2.75) is 70.0 Å². The van der Waals surface area contributed by atoms with Gasteiger partial charge in [0.1, 0.15) is 5.82 Å². The number of thioether (sulfide) groups is 1. The van der Waals surface area contributed by atoms with Gasteiger partial charge in [0.25, 0.3) is 0 Å². The Hall–Kier alpha value is -0.550. The Bertz CT molecular complexity index is 394. The van der Waals surface area contributed by atoms with Gasteiger partial charge in [-0.05, 0) is 37.5 Å². The lowest BCUT2D eigenvalue weighted by molar-refractivity contribution is 0.308. The van der Waals surface area contributed by atoms with E-state index in [1.807, 2.05) is 11.8 Å². The van der Waals surface area contributed by atoms with Crippen LogP contribution in [0.3, 0.4) is 0 Å². The minimum atomic E-state index is 0.477. The number of nitrogens with two attached hydrogens (primary N) is 1. The molecule has 2 rings (SSSR count). The van der Waals surface area contributed by atoms with Crippen LogP contribution in [0.25, 0.3) is 0 Å². The first-order valence-electron chi connectivity index (χ1n) is 7.42. The zero-order chi connectivity index (χ0) is 13.8. The van der Waals surface area contributed by atoms with Gasteiger partial charge in [0.2, 0.25) is 0 Å². The molecule has 0 aliphatic heterocycles. The van der Waals surface area contributed by atoms with Crippen molar-refractivity contribution in [1.82, 2.24) is 14.8 Å². The molecular formula is C14H26N4S. The predicted molar refractivity (Wildman–Crippen MR) is 80.0 cm³/mol. The number of hydrogen-bond acceptors (Lipinski definition) is 4. The average molecular weight is 282 g/mol. The molecule has 1 fully saturated rings. The van der Waals surface area contributed by atoms with Crippen molar-refractivity contribution in [3.05, 3.63) is 5.82 Å². The summed E-state index contributed by atoms with van der Waals surface area (Å²) in [5.74, 6) is 2.58. The summed E-state index contributed by atoms with van der Waals surface area (Å²) in [6.45, 7) is 8.36. The lowest BCUT2D eigenvalue weighted by Gasteiger charge is -2.30. The van der Waals surface area contributed by atoms with Gasteiger partial charge >= 0.3 is 0 Å². The van der Waals surface area contributed by atoms with E-state index < -0.39 is 0 Å². The van der Waals surface area contributed by atoms with Crippen LogP contribution in [0.5, 0.6) is 0 Å². The topological polar surface area (TPSA) is 56.7 Å². The number of hydrogen-bond donors (Lipinski definition) is 1. The van der Waals surface area contributed by atoms with E-state index in [9.17, 15) is 0 Å². The minimum Gasteiger partial charge on any atom is -0.324 e. The smallest absolute Gasteiger partial charge is 0.191 e. The normalized spacial score (nSPS) is 27.7. The quantitative estimate of drug-likeness (QED) is 0.901. The van der Waals surface area contributed by atoms with Crippen molar-refractivity contribution in [2.24, 2.45) is 17.6 Å². The van der Waals surface area contributed by atoms with Crippen LogP contribution >= 0.6 is 11.8 Å². The molecule has 4 nitrogen and oxygen atoms in total. The molecule has 108 valence electrons. The molecule has 2 atom stereocenters. The molecule has 1 saturated carbocycles. The molecule has 1 aromatic heterocycles. The summed E-state index contributed by atoms with van der Waals surface area (Å²) in [4.78, 5) is 0. The molecule has 0 aromatic carbocycles. The minimum absolute atomic E-state index is 0.477. The van der Waals surface area contributed by atoms with Gasteiger partial charge in [0, 0.05) is 11.8 Å². The maximum absolute atomic E-state index is 5.74. The van der Waals surface area contributed by atoms with Crippen LogP contribution in [0.4, 0.5) is 0 Å². The fourth-order valence-electron chi connectivity index (χ4n) is 3.12. The Balaban J connectivity index is 2.07. The monoisotopic (exact) mass is 282 g/mol. The maximum Gasteiger partial charge on any atom is 0.191 e. The zero-order valence-corrected chi connectivity index (χ0v) is 13.1. The third-order valence-corrected chi connectivity index (χ3v) is 5.06. The van der Waals surface area contributed by atoms with Crippen LogP contribution in [-0.4, -0.2) is 20.0 Å². The standard InChI is InChI=1S/C14H26N4S/c1-4-5-18-13(9-15)16-17-14(18)19-12-7-10(2)6-11(3)8-12/h10-12H,4-9,15H2,1-3H3. The Morgan fingerprint density at radius 1 is 1.21 bits per heavy atom. The van der Waals surface area contributed by atoms with E-state index in [0.717, 1.165) is 35.8 Å². The Labute approximate surface area is 120 Å². The van der Waals surface area contributed by atoms with E-state index in [1.165, 1.54) is 19.3 Å². The van der Waals surface area contributed by atoms with E-state index in [-0.39, 0.29) is 0 Å². The van der Waals surface area contributed by atoms with Crippen molar-refractivity contribution >= 4 is 11.8 Å².